The van der Waals surface area contributed by atoms with Gasteiger partial charge in [0.25, 0.3) is 0 Å². The molecule has 3 rings (SSSR count). The predicted octanol–water partition coefficient (Wildman–Crippen LogP) is 3.92. The standard InChI is InChI=1S/C19H19N3/c1-15(17-11-5-7-13-20-17)22-19(16-9-3-2-4-10-16)18-12-6-8-14-21-18/h2-15,19,22H,1H3. The Morgan fingerprint density at radius 2 is 1.32 bits per heavy atom. The second kappa shape index (κ2) is 6.96. The minimum absolute atomic E-state index is 0.0411. The van der Waals surface area contributed by atoms with Crippen LogP contribution in [0.3, 0.4) is 0 Å². The number of hydrogen-bond donors (Lipinski definition) is 1. The van der Waals surface area contributed by atoms with Crippen molar-refractivity contribution in [3.63, 3.8) is 0 Å². The average molecular weight is 289 g/mol. The van der Waals surface area contributed by atoms with E-state index < -0.39 is 0 Å². The highest BCUT2D eigenvalue weighted by molar-refractivity contribution is 5.28. The Kier molecular flexibility index (Phi) is 4.56. The second-order valence-corrected chi connectivity index (χ2v) is 5.24. The third kappa shape index (κ3) is 3.38. The molecular weight excluding hydrogens is 270 g/mol. The number of pyridine rings is 2. The van der Waals surface area contributed by atoms with Crippen molar-refractivity contribution in [2.45, 2.75) is 19.0 Å². The maximum atomic E-state index is 4.52. The van der Waals surface area contributed by atoms with Crippen LogP contribution in [0.1, 0.15) is 36.0 Å². The minimum Gasteiger partial charge on any atom is -0.297 e. The summed E-state index contributed by atoms with van der Waals surface area (Å²) in [5.41, 5.74) is 3.24. The first-order valence-corrected chi connectivity index (χ1v) is 7.47. The van der Waals surface area contributed by atoms with Gasteiger partial charge < -0.3 is 0 Å². The lowest BCUT2D eigenvalue weighted by atomic mass is 10.0. The molecule has 110 valence electrons. The molecule has 3 nitrogen and oxygen atoms in total. The first-order chi connectivity index (χ1) is 10.8. The Labute approximate surface area is 131 Å². The molecule has 2 aromatic heterocycles. The van der Waals surface area contributed by atoms with E-state index in [0.717, 1.165) is 11.4 Å². The second-order valence-electron chi connectivity index (χ2n) is 5.24. The van der Waals surface area contributed by atoms with Crippen molar-refractivity contribution in [1.29, 1.82) is 0 Å². The van der Waals surface area contributed by atoms with Crippen LogP contribution in [0, 0.1) is 0 Å². The van der Waals surface area contributed by atoms with Crippen LogP contribution in [-0.4, -0.2) is 9.97 Å². The number of nitrogens with zero attached hydrogens (tertiary/aromatic N) is 2. The molecule has 0 aliphatic rings. The lowest BCUT2D eigenvalue weighted by molar-refractivity contribution is 0.499. The van der Waals surface area contributed by atoms with Gasteiger partial charge in [-0.2, -0.15) is 0 Å². The minimum atomic E-state index is 0.0411. The van der Waals surface area contributed by atoms with Gasteiger partial charge in [-0.15, -0.1) is 0 Å². The molecule has 0 radical (unpaired) electrons. The molecule has 0 aliphatic carbocycles. The van der Waals surface area contributed by atoms with Gasteiger partial charge in [-0.25, -0.2) is 0 Å². The number of hydrogen-bond acceptors (Lipinski definition) is 3. The van der Waals surface area contributed by atoms with Crippen LogP contribution in [-0.2, 0) is 0 Å². The van der Waals surface area contributed by atoms with E-state index in [0.29, 0.717) is 0 Å². The van der Waals surface area contributed by atoms with Gasteiger partial charge in [-0.3, -0.25) is 15.3 Å². The highest BCUT2D eigenvalue weighted by Gasteiger charge is 2.18. The van der Waals surface area contributed by atoms with Gasteiger partial charge in [-0.05, 0) is 36.8 Å². The fourth-order valence-corrected chi connectivity index (χ4v) is 2.51. The summed E-state index contributed by atoms with van der Waals surface area (Å²) >= 11 is 0. The Morgan fingerprint density at radius 1 is 0.727 bits per heavy atom. The molecule has 0 aliphatic heterocycles. The topological polar surface area (TPSA) is 37.8 Å². The molecule has 2 unspecified atom stereocenters. The SMILES string of the molecule is CC(NC(c1ccccc1)c1ccccn1)c1ccccn1. The zero-order chi connectivity index (χ0) is 15.2. The summed E-state index contributed by atoms with van der Waals surface area (Å²) in [6.07, 6.45) is 3.66. The Morgan fingerprint density at radius 3 is 1.91 bits per heavy atom. The number of aromatic nitrogens is 2. The van der Waals surface area contributed by atoms with Crippen LogP contribution in [0.15, 0.2) is 79.1 Å². The normalized spacial score (nSPS) is 13.5. The van der Waals surface area contributed by atoms with Gasteiger partial charge in [0.15, 0.2) is 0 Å². The van der Waals surface area contributed by atoms with Crippen molar-refractivity contribution in [2.75, 3.05) is 0 Å². The Hall–Kier alpha value is -2.52. The summed E-state index contributed by atoms with van der Waals surface area (Å²) < 4.78 is 0. The van der Waals surface area contributed by atoms with Crippen LogP contribution < -0.4 is 5.32 Å². The molecule has 2 heterocycles. The van der Waals surface area contributed by atoms with Crippen molar-refractivity contribution in [2.24, 2.45) is 0 Å². The van der Waals surface area contributed by atoms with Gasteiger partial charge in [0, 0.05) is 18.4 Å². The van der Waals surface area contributed by atoms with Crippen LogP contribution in [0.5, 0.6) is 0 Å². The zero-order valence-electron chi connectivity index (χ0n) is 12.6. The molecule has 0 fully saturated rings. The molecule has 0 saturated heterocycles. The van der Waals surface area contributed by atoms with E-state index >= 15 is 0 Å². The van der Waals surface area contributed by atoms with Crippen LogP contribution in [0.25, 0.3) is 0 Å². The zero-order valence-corrected chi connectivity index (χ0v) is 12.6. The lowest BCUT2D eigenvalue weighted by Gasteiger charge is -2.23. The summed E-state index contributed by atoms with van der Waals surface area (Å²) in [5.74, 6) is 0. The molecule has 0 saturated carbocycles. The molecule has 1 N–H and O–H groups in total. The molecule has 1 aromatic carbocycles. The highest BCUT2D eigenvalue weighted by Crippen LogP contribution is 2.23. The number of rotatable bonds is 5. The van der Waals surface area contributed by atoms with Crippen molar-refractivity contribution in [3.8, 4) is 0 Å². The van der Waals surface area contributed by atoms with E-state index in [4.69, 9.17) is 0 Å². The van der Waals surface area contributed by atoms with Crippen molar-refractivity contribution >= 4 is 0 Å². The van der Waals surface area contributed by atoms with Crippen molar-refractivity contribution in [3.05, 3.63) is 96.1 Å². The fraction of sp³-hybridized carbons (Fsp3) is 0.158. The predicted molar refractivity (Wildman–Crippen MR) is 88.3 cm³/mol. The van der Waals surface area contributed by atoms with E-state index in [1.54, 1.807) is 0 Å². The lowest BCUT2D eigenvalue weighted by Crippen LogP contribution is -2.26. The maximum Gasteiger partial charge on any atom is 0.0756 e. The largest absolute Gasteiger partial charge is 0.297 e. The smallest absolute Gasteiger partial charge is 0.0756 e. The van der Waals surface area contributed by atoms with Gasteiger partial charge in [0.1, 0.15) is 0 Å². The van der Waals surface area contributed by atoms with E-state index in [-0.39, 0.29) is 12.1 Å². The molecule has 3 aromatic rings. The summed E-state index contributed by atoms with van der Waals surface area (Å²) in [6.45, 7) is 2.13. The molecule has 22 heavy (non-hydrogen) atoms. The van der Waals surface area contributed by atoms with Crippen LogP contribution in [0.4, 0.5) is 0 Å². The third-order valence-corrected chi connectivity index (χ3v) is 3.66. The molecule has 3 heteroatoms. The molecule has 0 amide bonds. The van der Waals surface area contributed by atoms with Crippen LogP contribution >= 0.6 is 0 Å². The van der Waals surface area contributed by atoms with E-state index in [9.17, 15) is 0 Å². The van der Waals surface area contributed by atoms with Gasteiger partial charge in [0.2, 0.25) is 0 Å². The third-order valence-electron chi connectivity index (χ3n) is 3.66. The molecular formula is C19H19N3. The Bertz CT molecular complexity index is 644. The monoisotopic (exact) mass is 289 g/mol. The van der Waals surface area contributed by atoms with Crippen molar-refractivity contribution < 1.29 is 0 Å². The van der Waals surface area contributed by atoms with E-state index in [1.165, 1.54) is 5.56 Å². The van der Waals surface area contributed by atoms with Crippen molar-refractivity contribution in [1.82, 2.24) is 15.3 Å². The van der Waals surface area contributed by atoms with E-state index in [2.05, 4.69) is 52.5 Å². The van der Waals surface area contributed by atoms with E-state index in [1.807, 2.05) is 48.8 Å². The summed E-state index contributed by atoms with van der Waals surface area (Å²) in [7, 11) is 0. The summed E-state index contributed by atoms with van der Waals surface area (Å²) in [4.78, 5) is 8.96. The van der Waals surface area contributed by atoms with Gasteiger partial charge >= 0.3 is 0 Å². The van der Waals surface area contributed by atoms with Gasteiger partial charge in [0.05, 0.1) is 17.4 Å². The average Bonchev–Trinajstić information content (AvgIpc) is 2.62. The molecule has 2 atom stereocenters. The Balaban J connectivity index is 1.90. The van der Waals surface area contributed by atoms with Gasteiger partial charge in [-0.1, -0.05) is 42.5 Å². The quantitative estimate of drug-likeness (QED) is 0.773. The molecule has 0 spiro atoms. The number of nitrogens with one attached hydrogen (secondary N) is 1. The molecule has 0 bridgehead atoms. The summed E-state index contributed by atoms with van der Waals surface area (Å²) in [5, 5.41) is 3.64. The maximum absolute atomic E-state index is 4.52. The summed E-state index contributed by atoms with van der Waals surface area (Å²) in [6, 6.07) is 22.6. The first-order valence-electron chi connectivity index (χ1n) is 7.47. The number of benzene rings is 1. The van der Waals surface area contributed by atoms with Crippen LogP contribution in [0.2, 0.25) is 0 Å². The fourth-order valence-electron chi connectivity index (χ4n) is 2.51. The highest BCUT2D eigenvalue weighted by atomic mass is 15.0. The first kappa shape index (κ1) is 14.4.